The molecule has 0 fully saturated rings. The van der Waals surface area contributed by atoms with Crippen LogP contribution in [0.1, 0.15) is 15.9 Å². The molecule has 0 saturated carbocycles. The molecule has 5 rings (SSSR count). The summed E-state index contributed by atoms with van der Waals surface area (Å²) in [5.74, 6) is 1.03. The molecule has 0 unspecified atom stereocenters. The van der Waals surface area contributed by atoms with Gasteiger partial charge < -0.3 is 19.1 Å². The van der Waals surface area contributed by atoms with Crippen LogP contribution in [0.25, 0.3) is 10.8 Å². The van der Waals surface area contributed by atoms with Crippen molar-refractivity contribution in [1.29, 1.82) is 0 Å². The van der Waals surface area contributed by atoms with Crippen molar-refractivity contribution in [3.05, 3.63) is 102 Å². The van der Waals surface area contributed by atoms with E-state index in [0.29, 0.717) is 22.6 Å². The second-order valence-corrected chi connectivity index (χ2v) is 10.4. The van der Waals surface area contributed by atoms with Gasteiger partial charge in [-0.15, -0.1) is 4.40 Å². The molecule has 0 aliphatic carbocycles. The number of amidine groups is 1. The van der Waals surface area contributed by atoms with Crippen molar-refractivity contribution in [2.24, 2.45) is 4.40 Å². The van der Waals surface area contributed by atoms with E-state index in [0.717, 1.165) is 10.8 Å². The van der Waals surface area contributed by atoms with Crippen LogP contribution in [0.15, 0.2) is 100 Å². The van der Waals surface area contributed by atoms with Crippen LogP contribution < -0.4 is 9.47 Å². The van der Waals surface area contributed by atoms with Crippen molar-refractivity contribution >= 4 is 32.6 Å². The van der Waals surface area contributed by atoms with Gasteiger partial charge in [0.1, 0.15) is 23.0 Å². The van der Waals surface area contributed by atoms with Gasteiger partial charge in [0, 0.05) is 18.0 Å². The number of ether oxygens (including phenoxy) is 3. The number of nitrogens with zero attached hydrogens (tertiary/aromatic N) is 2. The number of carbonyl (C=O) groups is 1. The summed E-state index contributed by atoms with van der Waals surface area (Å²) in [6.45, 7) is 0.192. The molecule has 0 aromatic heterocycles. The number of benzene rings is 4. The fraction of sp³-hybridized carbons (Fsp3) is 0.172. The summed E-state index contributed by atoms with van der Waals surface area (Å²) in [6, 6.07) is 26.9. The summed E-state index contributed by atoms with van der Waals surface area (Å²) >= 11 is 0. The molecule has 1 aliphatic heterocycles. The first-order valence-corrected chi connectivity index (χ1v) is 13.4. The molecule has 0 N–H and O–H groups in total. The monoisotopic (exact) mass is 530 g/mol. The average Bonchev–Trinajstić information content (AvgIpc) is 3.22. The predicted octanol–water partition coefficient (Wildman–Crippen LogP) is 4.53. The first-order chi connectivity index (χ1) is 18.4. The summed E-state index contributed by atoms with van der Waals surface area (Å²) in [5.41, 5.74) is 0.861. The fourth-order valence-electron chi connectivity index (χ4n) is 4.33. The van der Waals surface area contributed by atoms with E-state index in [1.165, 1.54) is 6.07 Å². The van der Waals surface area contributed by atoms with Crippen LogP contribution in [0, 0.1) is 0 Å². The van der Waals surface area contributed by atoms with E-state index in [2.05, 4.69) is 4.40 Å². The Labute approximate surface area is 221 Å². The lowest BCUT2D eigenvalue weighted by molar-refractivity contribution is 0.0132. The average molecular weight is 531 g/mol. The molecule has 194 valence electrons. The number of hydrogen-bond acceptors (Lipinski definition) is 7. The van der Waals surface area contributed by atoms with Crippen LogP contribution >= 0.6 is 0 Å². The molecule has 4 aromatic carbocycles. The number of likely N-dealkylation sites (N-methyl/N-ethyl adjacent to an activating group) is 1. The lowest BCUT2D eigenvalue weighted by atomic mass is 10.1. The number of sulfonamides is 1. The Hall–Kier alpha value is -4.37. The maximum Gasteiger partial charge on any atom is 0.338 e. The quantitative estimate of drug-likeness (QED) is 0.309. The minimum atomic E-state index is -3.79. The zero-order valence-corrected chi connectivity index (χ0v) is 21.7. The Balaban J connectivity index is 1.39. The van der Waals surface area contributed by atoms with Gasteiger partial charge in [-0.25, -0.2) is 4.79 Å². The topological polar surface area (TPSA) is 94.5 Å². The third kappa shape index (κ3) is 5.19. The molecule has 8 nitrogen and oxygen atoms in total. The van der Waals surface area contributed by atoms with Gasteiger partial charge in [-0.05, 0) is 47.9 Å². The summed E-state index contributed by atoms with van der Waals surface area (Å²) in [6.07, 6.45) is -0.744. The van der Waals surface area contributed by atoms with E-state index in [1.54, 1.807) is 61.5 Å². The molecule has 1 atom stereocenters. The molecule has 0 saturated heterocycles. The Morgan fingerprint density at radius 1 is 0.921 bits per heavy atom. The first kappa shape index (κ1) is 25.3. The molecular formula is C29H26N2O6S. The molecule has 38 heavy (non-hydrogen) atoms. The Morgan fingerprint density at radius 3 is 2.42 bits per heavy atom. The lowest BCUT2D eigenvalue weighted by Crippen LogP contribution is -2.39. The van der Waals surface area contributed by atoms with Crippen LogP contribution in [-0.4, -0.2) is 58.5 Å². The van der Waals surface area contributed by atoms with Crippen LogP contribution in [0.2, 0.25) is 0 Å². The zero-order chi connectivity index (χ0) is 26.7. The van der Waals surface area contributed by atoms with E-state index >= 15 is 0 Å². The largest absolute Gasteiger partial charge is 0.497 e. The Bertz CT molecular complexity index is 1610. The van der Waals surface area contributed by atoms with E-state index in [-0.39, 0.29) is 23.9 Å². The van der Waals surface area contributed by atoms with Crippen molar-refractivity contribution < 1.29 is 27.4 Å². The molecule has 0 bridgehead atoms. The van der Waals surface area contributed by atoms with Gasteiger partial charge >= 0.3 is 5.97 Å². The highest BCUT2D eigenvalue weighted by molar-refractivity contribution is 7.90. The predicted molar refractivity (Wildman–Crippen MR) is 144 cm³/mol. The first-order valence-electron chi connectivity index (χ1n) is 12.0. The Kier molecular flexibility index (Phi) is 7.02. The highest BCUT2D eigenvalue weighted by Crippen LogP contribution is 2.28. The molecule has 4 aromatic rings. The second kappa shape index (κ2) is 10.5. The lowest BCUT2D eigenvalue weighted by Gasteiger charge is -2.26. The van der Waals surface area contributed by atoms with Gasteiger partial charge in [0.05, 0.1) is 19.2 Å². The highest BCUT2D eigenvalue weighted by atomic mass is 32.2. The van der Waals surface area contributed by atoms with E-state index in [1.807, 2.05) is 42.5 Å². The molecular weight excluding hydrogens is 504 g/mol. The summed E-state index contributed by atoms with van der Waals surface area (Å²) < 4.78 is 46.3. The van der Waals surface area contributed by atoms with Gasteiger partial charge in [0.2, 0.25) is 0 Å². The number of methoxy groups -OCH3 is 1. The van der Waals surface area contributed by atoms with Crippen molar-refractivity contribution in [2.45, 2.75) is 11.0 Å². The number of hydrogen-bond donors (Lipinski definition) is 0. The summed E-state index contributed by atoms with van der Waals surface area (Å²) in [4.78, 5) is 14.8. The molecule has 1 aliphatic rings. The van der Waals surface area contributed by atoms with Crippen molar-refractivity contribution in [2.75, 3.05) is 27.3 Å². The molecule has 0 radical (unpaired) electrons. The fourth-order valence-corrected chi connectivity index (χ4v) is 5.58. The highest BCUT2D eigenvalue weighted by Gasteiger charge is 2.32. The number of esters is 1. The van der Waals surface area contributed by atoms with Crippen molar-refractivity contribution in [3.63, 3.8) is 0 Å². The second-order valence-electron chi connectivity index (χ2n) is 8.81. The van der Waals surface area contributed by atoms with Crippen molar-refractivity contribution in [3.8, 4) is 11.5 Å². The number of carbonyl (C=O) groups excluding carboxylic acids is 1. The smallest absolute Gasteiger partial charge is 0.338 e. The van der Waals surface area contributed by atoms with Crippen LogP contribution in [0.4, 0.5) is 0 Å². The normalized spacial score (nSPS) is 14.3. The molecule has 1 heterocycles. The minimum Gasteiger partial charge on any atom is -0.497 e. The summed E-state index contributed by atoms with van der Waals surface area (Å²) in [7, 11) is -0.532. The van der Waals surface area contributed by atoms with Gasteiger partial charge in [0.25, 0.3) is 10.0 Å². The third-order valence-corrected chi connectivity index (χ3v) is 7.55. The Morgan fingerprint density at radius 2 is 1.63 bits per heavy atom. The SMILES string of the molecule is COc1ccc(C(=O)O[C@H](COc2cccc3ccccc23)CN(C)C2=NS(=O)(=O)c3ccccc32)cc1. The van der Waals surface area contributed by atoms with E-state index in [9.17, 15) is 13.2 Å². The van der Waals surface area contributed by atoms with Gasteiger partial charge in [-0.2, -0.15) is 8.42 Å². The van der Waals surface area contributed by atoms with E-state index < -0.39 is 22.1 Å². The molecule has 0 amide bonds. The molecule has 9 heteroatoms. The van der Waals surface area contributed by atoms with Gasteiger partial charge in [-0.3, -0.25) is 0 Å². The van der Waals surface area contributed by atoms with Crippen LogP contribution in [0.5, 0.6) is 11.5 Å². The maximum absolute atomic E-state index is 13.0. The van der Waals surface area contributed by atoms with Crippen LogP contribution in [0.3, 0.4) is 0 Å². The van der Waals surface area contributed by atoms with Gasteiger partial charge in [-0.1, -0.05) is 48.5 Å². The zero-order valence-electron chi connectivity index (χ0n) is 20.9. The minimum absolute atomic E-state index is 0.0436. The summed E-state index contributed by atoms with van der Waals surface area (Å²) in [5, 5.41) is 1.96. The number of fused-ring (bicyclic) bond motifs is 2. The van der Waals surface area contributed by atoms with Crippen LogP contribution in [-0.2, 0) is 14.8 Å². The number of rotatable bonds is 8. The van der Waals surface area contributed by atoms with Crippen molar-refractivity contribution in [1.82, 2.24) is 4.90 Å². The molecule has 0 spiro atoms. The third-order valence-electron chi connectivity index (χ3n) is 6.23. The standard InChI is InChI=1S/C29H26N2O6S/c1-31(28-25-11-5-6-13-27(25)38(33,34)30-28)18-23(37-29(32)21-14-16-22(35-2)17-15-21)19-36-26-12-7-9-20-8-3-4-10-24(20)26/h3-17,23H,18-19H2,1-2H3/t23-/m0/s1. The van der Waals surface area contributed by atoms with E-state index in [4.69, 9.17) is 14.2 Å². The van der Waals surface area contributed by atoms with Gasteiger partial charge in [0.15, 0.2) is 11.9 Å². The maximum atomic E-state index is 13.0.